The van der Waals surface area contributed by atoms with Crippen LogP contribution in [0.5, 0.6) is 0 Å². The molecule has 4 rings (SSSR count). The number of carbonyl (C=O) groups excluding carboxylic acids is 1. The highest BCUT2D eigenvalue weighted by Gasteiger charge is 2.68. The largest absolute Gasteiger partial charge is 0.396 e. The number of benzene rings is 1. The van der Waals surface area contributed by atoms with Crippen LogP contribution in [0.4, 0.5) is 13.2 Å². The van der Waals surface area contributed by atoms with Crippen molar-refractivity contribution in [1.29, 1.82) is 0 Å². The molecule has 2 bridgehead atoms. The molecule has 1 aromatic carbocycles. The average Bonchev–Trinajstić information content (AvgIpc) is 3.11. The van der Waals surface area contributed by atoms with Gasteiger partial charge in [0.1, 0.15) is 5.82 Å². The Balaban J connectivity index is 1.70. The summed E-state index contributed by atoms with van der Waals surface area (Å²) in [6.45, 7) is 4.42. The van der Waals surface area contributed by atoms with E-state index in [1.165, 1.54) is 0 Å². The van der Waals surface area contributed by atoms with Gasteiger partial charge in [-0.05, 0) is 48.0 Å². The zero-order chi connectivity index (χ0) is 20.3. The predicted molar refractivity (Wildman–Crippen MR) is 95.7 cm³/mol. The second-order valence-corrected chi connectivity index (χ2v) is 9.10. The van der Waals surface area contributed by atoms with Gasteiger partial charge in [0.25, 0.3) is 0 Å². The molecule has 1 aliphatic heterocycles. The van der Waals surface area contributed by atoms with Crippen LogP contribution >= 0.6 is 0 Å². The number of hydrogen-bond acceptors (Lipinski definition) is 3. The number of nitrogens with one attached hydrogen (secondary N) is 1. The molecule has 1 spiro atoms. The van der Waals surface area contributed by atoms with Gasteiger partial charge < -0.3 is 15.2 Å². The Kier molecular flexibility index (Phi) is 4.74. The lowest BCUT2D eigenvalue weighted by atomic mass is 9.58. The molecule has 3 aliphatic rings. The molecule has 1 unspecified atom stereocenters. The van der Waals surface area contributed by atoms with Crippen LogP contribution in [-0.2, 0) is 9.53 Å². The lowest BCUT2D eigenvalue weighted by Crippen LogP contribution is -2.59. The fourth-order valence-electron chi connectivity index (χ4n) is 6.19. The average molecular weight is 397 g/mol. The zero-order valence-corrected chi connectivity index (χ0v) is 16.1. The highest BCUT2D eigenvalue weighted by Crippen LogP contribution is 2.70. The van der Waals surface area contributed by atoms with Crippen LogP contribution in [0.2, 0.25) is 0 Å². The number of aliphatic hydroxyl groups is 1. The quantitative estimate of drug-likeness (QED) is 0.765. The van der Waals surface area contributed by atoms with Crippen molar-refractivity contribution in [1.82, 2.24) is 5.32 Å². The SMILES string of the molecule is CC1(C)[C@@H]2C[C@@H]3[C@@H](c4cc(F)c(F)cc4F)OCCC3(C2)[C@H]1NC(=O)CCO. The number of halogens is 3. The zero-order valence-electron chi connectivity index (χ0n) is 16.1. The molecule has 1 saturated heterocycles. The first-order valence-electron chi connectivity index (χ1n) is 9.87. The number of amides is 1. The van der Waals surface area contributed by atoms with Gasteiger partial charge >= 0.3 is 0 Å². The molecule has 1 aromatic rings. The molecule has 1 heterocycles. The fraction of sp³-hybridized carbons (Fsp3) is 0.667. The lowest BCUT2D eigenvalue weighted by Gasteiger charge is -2.53. The summed E-state index contributed by atoms with van der Waals surface area (Å²) in [5, 5.41) is 12.2. The third-order valence-corrected chi connectivity index (χ3v) is 7.50. The van der Waals surface area contributed by atoms with E-state index >= 15 is 0 Å². The van der Waals surface area contributed by atoms with Crippen LogP contribution in [0.25, 0.3) is 0 Å². The van der Waals surface area contributed by atoms with E-state index in [2.05, 4.69) is 19.2 Å². The standard InChI is InChI=1S/C21H26F3NO3/c1-20(2)11-7-13-18(12-8-15(23)16(24)9-14(12)22)28-6-4-21(13,10-11)19(20)25-17(27)3-5-26/h8-9,11,13,18-19,26H,3-7,10H2,1-2H3,(H,25,27)/t11-,13-,18-,19+,21?/m1/s1. The van der Waals surface area contributed by atoms with Crippen LogP contribution in [0.1, 0.15) is 51.2 Å². The van der Waals surface area contributed by atoms with Crippen LogP contribution in [0, 0.1) is 40.1 Å². The maximum Gasteiger partial charge on any atom is 0.222 e. The highest BCUT2D eigenvalue weighted by molar-refractivity contribution is 5.76. The van der Waals surface area contributed by atoms with Crippen molar-refractivity contribution in [3.63, 3.8) is 0 Å². The maximum absolute atomic E-state index is 14.5. The van der Waals surface area contributed by atoms with E-state index in [4.69, 9.17) is 9.84 Å². The molecule has 28 heavy (non-hydrogen) atoms. The van der Waals surface area contributed by atoms with Crippen LogP contribution < -0.4 is 5.32 Å². The molecule has 2 aliphatic carbocycles. The molecule has 154 valence electrons. The van der Waals surface area contributed by atoms with Gasteiger partial charge in [0.15, 0.2) is 11.6 Å². The Morgan fingerprint density at radius 2 is 1.96 bits per heavy atom. The topological polar surface area (TPSA) is 58.6 Å². The fourth-order valence-corrected chi connectivity index (χ4v) is 6.19. The van der Waals surface area contributed by atoms with Crippen LogP contribution in [-0.4, -0.2) is 30.3 Å². The van der Waals surface area contributed by atoms with E-state index in [-0.39, 0.29) is 47.3 Å². The van der Waals surface area contributed by atoms with E-state index in [0.29, 0.717) is 18.6 Å². The second-order valence-electron chi connectivity index (χ2n) is 9.10. The van der Waals surface area contributed by atoms with Crippen molar-refractivity contribution in [2.75, 3.05) is 13.2 Å². The Bertz CT molecular complexity index is 799. The summed E-state index contributed by atoms with van der Waals surface area (Å²) in [7, 11) is 0. The van der Waals surface area contributed by atoms with Crippen molar-refractivity contribution >= 4 is 5.91 Å². The van der Waals surface area contributed by atoms with Gasteiger partial charge in [-0.3, -0.25) is 4.79 Å². The van der Waals surface area contributed by atoms with E-state index in [0.717, 1.165) is 25.3 Å². The Morgan fingerprint density at radius 1 is 1.25 bits per heavy atom. The minimum absolute atomic E-state index is 0.0374. The Morgan fingerprint density at radius 3 is 2.68 bits per heavy atom. The summed E-state index contributed by atoms with van der Waals surface area (Å²) < 4.78 is 47.6. The monoisotopic (exact) mass is 397 g/mol. The van der Waals surface area contributed by atoms with Crippen LogP contribution in [0.3, 0.4) is 0 Å². The predicted octanol–water partition coefficient (Wildman–Crippen LogP) is 3.48. The molecule has 7 heteroatoms. The van der Waals surface area contributed by atoms with Gasteiger partial charge in [0, 0.05) is 30.7 Å². The lowest BCUT2D eigenvalue weighted by molar-refractivity contribution is -0.138. The van der Waals surface area contributed by atoms with Gasteiger partial charge in [-0.1, -0.05) is 13.8 Å². The third-order valence-electron chi connectivity index (χ3n) is 7.50. The van der Waals surface area contributed by atoms with Gasteiger partial charge in [-0.15, -0.1) is 0 Å². The van der Waals surface area contributed by atoms with Gasteiger partial charge in [-0.2, -0.15) is 0 Å². The summed E-state index contributed by atoms with van der Waals surface area (Å²) >= 11 is 0. The molecule has 5 atom stereocenters. The summed E-state index contributed by atoms with van der Waals surface area (Å²) in [5.41, 5.74) is -0.371. The Hall–Kier alpha value is -1.60. The smallest absolute Gasteiger partial charge is 0.222 e. The summed E-state index contributed by atoms with van der Waals surface area (Å²) in [4.78, 5) is 12.3. The van der Waals surface area contributed by atoms with E-state index in [9.17, 15) is 18.0 Å². The van der Waals surface area contributed by atoms with Gasteiger partial charge in [-0.25, -0.2) is 13.2 Å². The first-order valence-corrected chi connectivity index (χ1v) is 9.87. The van der Waals surface area contributed by atoms with Crippen LogP contribution in [0.15, 0.2) is 12.1 Å². The number of carbonyl (C=O) groups is 1. The van der Waals surface area contributed by atoms with Crippen molar-refractivity contribution in [2.24, 2.45) is 22.7 Å². The summed E-state index contributed by atoms with van der Waals surface area (Å²) in [5.74, 6) is -3.08. The number of ether oxygens (including phenoxy) is 1. The van der Waals surface area contributed by atoms with Gasteiger partial charge in [0.2, 0.25) is 5.91 Å². The third kappa shape index (κ3) is 2.77. The molecule has 2 saturated carbocycles. The molecule has 0 radical (unpaired) electrons. The first-order chi connectivity index (χ1) is 13.2. The molecule has 3 fully saturated rings. The molecule has 0 aromatic heterocycles. The summed E-state index contributed by atoms with van der Waals surface area (Å²) in [6, 6.07) is 1.35. The number of hydrogen-bond donors (Lipinski definition) is 2. The van der Waals surface area contributed by atoms with Crippen molar-refractivity contribution in [3.05, 3.63) is 35.1 Å². The minimum atomic E-state index is -1.21. The van der Waals surface area contributed by atoms with E-state index in [1.54, 1.807) is 0 Å². The van der Waals surface area contributed by atoms with E-state index in [1.807, 2.05) is 0 Å². The molecule has 1 amide bonds. The Labute approximate surface area is 162 Å². The number of fused-ring (bicyclic) bond motifs is 1. The molecular weight excluding hydrogens is 371 g/mol. The van der Waals surface area contributed by atoms with E-state index < -0.39 is 23.6 Å². The van der Waals surface area contributed by atoms with Gasteiger partial charge in [0.05, 0.1) is 12.7 Å². The van der Waals surface area contributed by atoms with Crippen molar-refractivity contribution < 1.29 is 27.8 Å². The normalized spacial score (nSPS) is 35.6. The van der Waals surface area contributed by atoms with Crippen molar-refractivity contribution in [2.45, 2.75) is 51.7 Å². The maximum atomic E-state index is 14.5. The second kappa shape index (κ2) is 6.73. The first kappa shape index (κ1) is 19.7. The molecule has 4 nitrogen and oxygen atoms in total. The highest BCUT2D eigenvalue weighted by atomic mass is 19.2. The molecule has 2 N–H and O–H groups in total. The number of aliphatic hydroxyl groups excluding tert-OH is 1. The van der Waals surface area contributed by atoms with Crippen molar-refractivity contribution in [3.8, 4) is 0 Å². The minimum Gasteiger partial charge on any atom is -0.396 e. The molecular formula is C21H26F3NO3. The number of rotatable bonds is 4. The summed E-state index contributed by atoms with van der Waals surface area (Å²) in [6.07, 6.45) is 1.78.